The summed E-state index contributed by atoms with van der Waals surface area (Å²) in [5, 5.41) is 9.33. The lowest BCUT2D eigenvalue weighted by atomic mass is 10.00. The van der Waals surface area contributed by atoms with Crippen molar-refractivity contribution in [1.29, 1.82) is 0 Å². The van der Waals surface area contributed by atoms with E-state index in [1.807, 2.05) is 23.6 Å². The van der Waals surface area contributed by atoms with Gasteiger partial charge in [-0.2, -0.15) is 0 Å². The minimum atomic E-state index is -0.0592. The molecule has 2 atom stereocenters. The van der Waals surface area contributed by atoms with Gasteiger partial charge in [0, 0.05) is 23.9 Å². The van der Waals surface area contributed by atoms with Crippen molar-refractivity contribution in [1.82, 2.24) is 15.6 Å². The Bertz CT molecular complexity index is 626. The van der Waals surface area contributed by atoms with Crippen LogP contribution in [0, 0.1) is 0 Å². The summed E-state index contributed by atoms with van der Waals surface area (Å²) in [6.07, 6.45) is 2.91. The molecule has 4 nitrogen and oxygen atoms in total. The van der Waals surface area contributed by atoms with Crippen LogP contribution in [0.25, 0.3) is 0 Å². The average molecular weight is 315 g/mol. The molecule has 2 heterocycles. The highest BCUT2D eigenvalue weighted by Gasteiger charge is 2.23. The van der Waals surface area contributed by atoms with Gasteiger partial charge in [0.2, 0.25) is 0 Å². The molecular formula is C17H21N3OS. The van der Waals surface area contributed by atoms with Gasteiger partial charge in [0.25, 0.3) is 5.91 Å². The van der Waals surface area contributed by atoms with Crippen molar-refractivity contribution < 1.29 is 4.79 Å². The standard InChI is InChI=1S/C17H21N3OS/c1-12-14(8-5-9-18-12)20-17(21)15-11-22-16(19-15)10-13-6-3-2-4-7-13/h2-4,6-7,11-12,14,18H,5,8-10H2,1H3,(H,20,21). The Labute approximate surface area is 135 Å². The number of nitrogens with one attached hydrogen (secondary N) is 2. The Kier molecular flexibility index (Phi) is 4.85. The van der Waals surface area contributed by atoms with Gasteiger partial charge in [0.1, 0.15) is 5.69 Å². The molecule has 1 aromatic carbocycles. The van der Waals surface area contributed by atoms with Crippen LogP contribution >= 0.6 is 11.3 Å². The molecule has 0 bridgehead atoms. The van der Waals surface area contributed by atoms with Gasteiger partial charge in [-0.05, 0) is 31.9 Å². The van der Waals surface area contributed by atoms with Crippen LogP contribution in [0.5, 0.6) is 0 Å². The first-order valence-corrected chi connectivity index (χ1v) is 8.63. The van der Waals surface area contributed by atoms with Gasteiger partial charge in [-0.1, -0.05) is 30.3 Å². The summed E-state index contributed by atoms with van der Waals surface area (Å²) in [7, 11) is 0. The molecular weight excluding hydrogens is 294 g/mol. The van der Waals surface area contributed by atoms with Gasteiger partial charge in [-0.3, -0.25) is 4.79 Å². The molecule has 1 aliphatic heterocycles. The summed E-state index contributed by atoms with van der Waals surface area (Å²) in [6.45, 7) is 3.15. The maximum Gasteiger partial charge on any atom is 0.271 e. The molecule has 2 aromatic rings. The number of aromatic nitrogens is 1. The number of amides is 1. The topological polar surface area (TPSA) is 54.0 Å². The van der Waals surface area contributed by atoms with E-state index in [2.05, 4.69) is 34.7 Å². The smallest absolute Gasteiger partial charge is 0.271 e. The van der Waals surface area contributed by atoms with Gasteiger partial charge in [0.05, 0.1) is 5.01 Å². The number of hydrogen-bond acceptors (Lipinski definition) is 4. The second-order valence-corrected chi connectivity index (χ2v) is 6.70. The second kappa shape index (κ2) is 7.03. The summed E-state index contributed by atoms with van der Waals surface area (Å²) in [6, 6.07) is 10.7. The molecule has 1 fully saturated rings. The number of nitrogens with zero attached hydrogens (tertiary/aromatic N) is 1. The molecule has 2 N–H and O–H groups in total. The molecule has 0 saturated carbocycles. The van der Waals surface area contributed by atoms with Crippen molar-refractivity contribution >= 4 is 17.2 Å². The van der Waals surface area contributed by atoms with E-state index < -0.39 is 0 Å². The maximum absolute atomic E-state index is 12.3. The summed E-state index contributed by atoms with van der Waals surface area (Å²) in [4.78, 5) is 16.8. The normalized spacial score (nSPS) is 21.5. The van der Waals surface area contributed by atoms with Crippen molar-refractivity contribution in [2.75, 3.05) is 6.54 Å². The molecule has 3 rings (SSSR count). The zero-order valence-electron chi connectivity index (χ0n) is 12.7. The highest BCUT2D eigenvalue weighted by molar-refractivity contribution is 7.09. The fourth-order valence-corrected chi connectivity index (χ4v) is 3.56. The summed E-state index contributed by atoms with van der Waals surface area (Å²) in [5.74, 6) is -0.0592. The number of carbonyl (C=O) groups excluding carboxylic acids is 1. The first kappa shape index (κ1) is 15.2. The van der Waals surface area contributed by atoms with Crippen LogP contribution in [0.3, 0.4) is 0 Å². The zero-order chi connectivity index (χ0) is 15.4. The van der Waals surface area contributed by atoms with E-state index in [-0.39, 0.29) is 11.9 Å². The molecule has 0 spiro atoms. The van der Waals surface area contributed by atoms with E-state index in [1.54, 1.807) is 11.3 Å². The lowest BCUT2D eigenvalue weighted by molar-refractivity contribution is 0.0915. The summed E-state index contributed by atoms with van der Waals surface area (Å²) in [5.41, 5.74) is 1.75. The fraction of sp³-hybridized carbons (Fsp3) is 0.412. The molecule has 1 amide bonds. The van der Waals surface area contributed by atoms with Crippen molar-refractivity contribution in [2.45, 2.75) is 38.3 Å². The number of carbonyl (C=O) groups is 1. The lowest BCUT2D eigenvalue weighted by Gasteiger charge is -2.30. The van der Waals surface area contributed by atoms with E-state index in [0.29, 0.717) is 11.7 Å². The van der Waals surface area contributed by atoms with Crippen LogP contribution in [-0.2, 0) is 6.42 Å². The van der Waals surface area contributed by atoms with E-state index in [9.17, 15) is 4.79 Å². The largest absolute Gasteiger partial charge is 0.346 e. The van der Waals surface area contributed by atoms with Crippen LogP contribution in [0.1, 0.15) is 40.8 Å². The van der Waals surface area contributed by atoms with Gasteiger partial charge in [0.15, 0.2) is 0 Å². The maximum atomic E-state index is 12.3. The minimum Gasteiger partial charge on any atom is -0.346 e. The quantitative estimate of drug-likeness (QED) is 0.912. The molecule has 1 aliphatic rings. The van der Waals surface area contributed by atoms with Crippen LogP contribution in [0.2, 0.25) is 0 Å². The Morgan fingerprint density at radius 1 is 1.41 bits per heavy atom. The van der Waals surface area contributed by atoms with E-state index in [0.717, 1.165) is 30.8 Å². The monoisotopic (exact) mass is 315 g/mol. The van der Waals surface area contributed by atoms with Crippen LogP contribution < -0.4 is 10.6 Å². The van der Waals surface area contributed by atoms with E-state index in [1.165, 1.54) is 5.56 Å². The van der Waals surface area contributed by atoms with Crippen molar-refractivity contribution in [3.63, 3.8) is 0 Å². The first-order valence-electron chi connectivity index (χ1n) is 7.75. The number of rotatable bonds is 4. The predicted octanol–water partition coefficient (Wildman–Crippen LogP) is 2.60. The molecule has 2 unspecified atom stereocenters. The van der Waals surface area contributed by atoms with E-state index in [4.69, 9.17) is 0 Å². The molecule has 1 saturated heterocycles. The molecule has 22 heavy (non-hydrogen) atoms. The van der Waals surface area contributed by atoms with Gasteiger partial charge < -0.3 is 10.6 Å². The molecule has 0 aliphatic carbocycles. The fourth-order valence-electron chi connectivity index (χ4n) is 2.75. The Hall–Kier alpha value is -1.72. The van der Waals surface area contributed by atoms with Crippen LogP contribution in [-0.4, -0.2) is 29.5 Å². The van der Waals surface area contributed by atoms with Gasteiger partial charge >= 0.3 is 0 Å². The number of thiazole rings is 1. The van der Waals surface area contributed by atoms with Crippen molar-refractivity contribution in [2.24, 2.45) is 0 Å². The minimum absolute atomic E-state index is 0.0592. The summed E-state index contributed by atoms with van der Waals surface area (Å²) < 4.78 is 0. The third-order valence-corrected chi connectivity index (χ3v) is 4.91. The van der Waals surface area contributed by atoms with Crippen LogP contribution in [0.15, 0.2) is 35.7 Å². The third-order valence-electron chi connectivity index (χ3n) is 4.06. The van der Waals surface area contributed by atoms with Crippen molar-refractivity contribution in [3.05, 3.63) is 52.0 Å². The average Bonchev–Trinajstić information content (AvgIpc) is 2.99. The number of piperidine rings is 1. The Balaban J connectivity index is 1.61. The first-order chi connectivity index (χ1) is 10.7. The molecule has 0 radical (unpaired) electrons. The highest BCUT2D eigenvalue weighted by atomic mass is 32.1. The van der Waals surface area contributed by atoms with Crippen molar-refractivity contribution in [3.8, 4) is 0 Å². The zero-order valence-corrected chi connectivity index (χ0v) is 13.5. The molecule has 1 aromatic heterocycles. The summed E-state index contributed by atoms with van der Waals surface area (Å²) >= 11 is 1.55. The Morgan fingerprint density at radius 2 is 2.23 bits per heavy atom. The van der Waals surface area contributed by atoms with Gasteiger partial charge in [-0.25, -0.2) is 4.98 Å². The SMILES string of the molecule is CC1NCCCC1NC(=O)c1csc(Cc2ccccc2)n1. The Morgan fingerprint density at radius 3 is 3.00 bits per heavy atom. The third kappa shape index (κ3) is 3.72. The van der Waals surface area contributed by atoms with E-state index >= 15 is 0 Å². The number of benzene rings is 1. The highest BCUT2D eigenvalue weighted by Crippen LogP contribution is 2.16. The van der Waals surface area contributed by atoms with Gasteiger partial charge in [-0.15, -0.1) is 11.3 Å². The molecule has 5 heteroatoms. The molecule has 116 valence electrons. The lowest BCUT2D eigenvalue weighted by Crippen LogP contribution is -2.51. The predicted molar refractivity (Wildman–Crippen MR) is 89.3 cm³/mol. The van der Waals surface area contributed by atoms with Crippen LogP contribution in [0.4, 0.5) is 0 Å². The number of hydrogen-bond donors (Lipinski definition) is 2. The second-order valence-electron chi connectivity index (χ2n) is 5.75.